The highest BCUT2D eigenvalue weighted by atomic mass is 127. The number of benzene rings is 1. The minimum Gasteiger partial charge on any atom is -0.357 e. The molecule has 1 aromatic carbocycles. The van der Waals surface area contributed by atoms with Gasteiger partial charge in [-0.25, -0.2) is 4.39 Å². The lowest BCUT2D eigenvalue weighted by Crippen LogP contribution is -2.38. The average molecular weight is 405 g/mol. The van der Waals surface area contributed by atoms with Crippen molar-refractivity contribution in [3.05, 3.63) is 48.3 Å². The molecule has 0 bridgehead atoms. The Kier molecular flexibility index (Phi) is 9.24. The van der Waals surface area contributed by atoms with Crippen molar-refractivity contribution in [2.75, 3.05) is 19.6 Å². The fourth-order valence-corrected chi connectivity index (χ4v) is 1.79. The van der Waals surface area contributed by atoms with E-state index in [1.165, 1.54) is 6.07 Å². The summed E-state index contributed by atoms with van der Waals surface area (Å²) in [5.41, 5.74) is 0.722. The molecule has 118 valence electrons. The van der Waals surface area contributed by atoms with Gasteiger partial charge in [-0.3, -0.25) is 4.99 Å². The normalized spacial score (nSPS) is 11.5. The Balaban J connectivity index is 0.00000400. The number of hydrogen-bond donors (Lipinski definition) is 2. The second-order valence-electron chi connectivity index (χ2n) is 5.26. The molecule has 5 heteroatoms. The molecule has 0 atom stereocenters. The molecule has 1 rings (SSSR count). The van der Waals surface area contributed by atoms with Gasteiger partial charge in [-0.15, -0.1) is 30.6 Å². The molecule has 3 nitrogen and oxygen atoms in total. The summed E-state index contributed by atoms with van der Waals surface area (Å²) < 4.78 is 13.3. The van der Waals surface area contributed by atoms with Gasteiger partial charge in [0.25, 0.3) is 0 Å². The highest BCUT2D eigenvalue weighted by molar-refractivity contribution is 14.0. The maximum Gasteiger partial charge on any atom is 0.191 e. The minimum absolute atomic E-state index is 0. The van der Waals surface area contributed by atoms with Crippen molar-refractivity contribution < 1.29 is 4.39 Å². The van der Waals surface area contributed by atoms with E-state index in [0.29, 0.717) is 13.1 Å². The summed E-state index contributed by atoms with van der Waals surface area (Å²) in [5, 5.41) is 6.32. The Morgan fingerprint density at radius 3 is 2.67 bits per heavy atom. The largest absolute Gasteiger partial charge is 0.357 e. The summed E-state index contributed by atoms with van der Waals surface area (Å²) in [6, 6.07) is 6.69. The summed E-state index contributed by atoms with van der Waals surface area (Å²) >= 11 is 0. The molecule has 0 aliphatic rings. The van der Waals surface area contributed by atoms with Gasteiger partial charge < -0.3 is 10.6 Å². The van der Waals surface area contributed by atoms with Crippen molar-refractivity contribution in [2.45, 2.75) is 26.2 Å². The summed E-state index contributed by atoms with van der Waals surface area (Å²) in [6.45, 7) is 11.8. The highest BCUT2D eigenvalue weighted by Gasteiger charge is 2.20. The first-order valence-electron chi connectivity index (χ1n) is 6.88. The Hall–Kier alpha value is -1.11. The van der Waals surface area contributed by atoms with Gasteiger partial charge in [0.1, 0.15) is 5.82 Å². The summed E-state index contributed by atoms with van der Waals surface area (Å²) in [4.78, 5) is 4.55. The van der Waals surface area contributed by atoms with Crippen LogP contribution in [0.1, 0.15) is 26.3 Å². The Bertz CT molecular complexity index is 472. The molecular formula is C16H25FIN3. The van der Waals surface area contributed by atoms with Gasteiger partial charge in [0.15, 0.2) is 5.96 Å². The Morgan fingerprint density at radius 1 is 1.38 bits per heavy atom. The van der Waals surface area contributed by atoms with Crippen LogP contribution in [0.5, 0.6) is 0 Å². The van der Waals surface area contributed by atoms with Crippen molar-refractivity contribution in [1.82, 2.24) is 10.6 Å². The molecule has 2 N–H and O–H groups in total. The number of hydrogen-bond acceptors (Lipinski definition) is 1. The van der Waals surface area contributed by atoms with Crippen LogP contribution >= 0.6 is 24.0 Å². The lowest BCUT2D eigenvalue weighted by Gasteiger charge is -2.24. The second kappa shape index (κ2) is 9.76. The van der Waals surface area contributed by atoms with E-state index in [0.717, 1.165) is 18.1 Å². The van der Waals surface area contributed by atoms with Crippen molar-refractivity contribution in [2.24, 2.45) is 4.99 Å². The highest BCUT2D eigenvalue weighted by Crippen LogP contribution is 2.23. The van der Waals surface area contributed by atoms with E-state index in [1.807, 2.05) is 13.0 Å². The monoisotopic (exact) mass is 405 g/mol. The fourth-order valence-electron chi connectivity index (χ4n) is 1.79. The number of rotatable bonds is 6. The second-order valence-corrected chi connectivity index (χ2v) is 5.26. The van der Waals surface area contributed by atoms with E-state index in [2.05, 4.69) is 36.1 Å². The quantitative estimate of drug-likeness (QED) is 0.329. The predicted molar refractivity (Wildman–Crippen MR) is 99.0 cm³/mol. The number of nitrogens with zero attached hydrogens (tertiary/aromatic N) is 1. The van der Waals surface area contributed by atoms with E-state index >= 15 is 0 Å². The standard InChI is InChI=1S/C16H24FN3.HI/c1-5-10-19-15(18-6-2)20-12-16(3,4)13-8-7-9-14(17)11-13;/h5,7-9,11H,1,6,10,12H2,2-4H3,(H2,18,19,20);1H. The summed E-state index contributed by atoms with van der Waals surface area (Å²) in [5.74, 6) is 0.535. The Morgan fingerprint density at radius 2 is 2.10 bits per heavy atom. The van der Waals surface area contributed by atoms with Gasteiger partial charge >= 0.3 is 0 Å². The van der Waals surface area contributed by atoms with Crippen LogP contribution in [0, 0.1) is 5.82 Å². The molecule has 0 aliphatic heterocycles. The zero-order chi connectivity index (χ0) is 15.0. The van der Waals surface area contributed by atoms with Gasteiger partial charge in [-0.05, 0) is 24.6 Å². The average Bonchev–Trinajstić information content (AvgIpc) is 2.42. The lowest BCUT2D eigenvalue weighted by molar-refractivity contribution is 0.529. The van der Waals surface area contributed by atoms with Gasteiger partial charge in [0.05, 0.1) is 6.54 Å². The Labute approximate surface area is 144 Å². The molecule has 0 saturated carbocycles. The van der Waals surface area contributed by atoms with Crippen molar-refractivity contribution >= 4 is 29.9 Å². The van der Waals surface area contributed by atoms with Crippen molar-refractivity contribution in [3.8, 4) is 0 Å². The van der Waals surface area contributed by atoms with E-state index in [-0.39, 0.29) is 35.2 Å². The maximum atomic E-state index is 13.3. The van der Waals surface area contributed by atoms with Gasteiger partial charge in [0, 0.05) is 18.5 Å². The zero-order valence-electron chi connectivity index (χ0n) is 12.9. The van der Waals surface area contributed by atoms with Crippen molar-refractivity contribution in [1.29, 1.82) is 0 Å². The topological polar surface area (TPSA) is 36.4 Å². The van der Waals surface area contributed by atoms with Crippen molar-refractivity contribution in [3.63, 3.8) is 0 Å². The first kappa shape index (κ1) is 19.9. The van der Waals surface area contributed by atoms with E-state index in [1.54, 1.807) is 18.2 Å². The third kappa shape index (κ3) is 6.93. The van der Waals surface area contributed by atoms with Gasteiger partial charge in [-0.2, -0.15) is 0 Å². The fraction of sp³-hybridized carbons (Fsp3) is 0.438. The lowest BCUT2D eigenvalue weighted by atomic mass is 9.85. The molecule has 0 unspecified atom stereocenters. The molecule has 0 aliphatic carbocycles. The van der Waals surface area contributed by atoms with E-state index in [9.17, 15) is 4.39 Å². The van der Waals surface area contributed by atoms with E-state index < -0.39 is 0 Å². The van der Waals surface area contributed by atoms with Crippen LogP contribution in [0.3, 0.4) is 0 Å². The van der Waals surface area contributed by atoms with Crippen LogP contribution in [-0.4, -0.2) is 25.6 Å². The predicted octanol–water partition coefficient (Wildman–Crippen LogP) is 3.46. The number of nitrogens with one attached hydrogen (secondary N) is 2. The molecule has 0 fully saturated rings. The van der Waals surface area contributed by atoms with Gasteiger partial charge in [0.2, 0.25) is 0 Å². The van der Waals surface area contributed by atoms with Gasteiger partial charge in [-0.1, -0.05) is 32.1 Å². The molecule has 21 heavy (non-hydrogen) atoms. The molecule has 0 spiro atoms. The summed E-state index contributed by atoms with van der Waals surface area (Å²) in [6.07, 6.45) is 1.78. The molecular weight excluding hydrogens is 380 g/mol. The molecule has 0 saturated heterocycles. The third-order valence-corrected chi connectivity index (χ3v) is 3.00. The van der Waals surface area contributed by atoms with E-state index in [4.69, 9.17) is 0 Å². The SMILES string of the molecule is C=CCNC(=NCC(C)(C)c1cccc(F)c1)NCC.I. The first-order chi connectivity index (χ1) is 9.49. The smallest absolute Gasteiger partial charge is 0.191 e. The molecule has 0 amide bonds. The molecule has 0 aromatic heterocycles. The number of halogens is 2. The van der Waals surface area contributed by atoms with Crippen LogP contribution in [0.25, 0.3) is 0 Å². The van der Waals surface area contributed by atoms with Crippen LogP contribution < -0.4 is 10.6 Å². The van der Waals surface area contributed by atoms with Crippen LogP contribution in [-0.2, 0) is 5.41 Å². The summed E-state index contributed by atoms with van der Waals surface area (Å²) in [7, 11) is 0. The first-order valence-corrected chi connectivity index (χ1v) is 6.88. The van der Waals surface area contributed by atoms with Crippen LogP contribution in [0.4, 0.5) is 4.39 Å². The molecule has 0 radical (unpaired) electrons. The zero-order valence-corrected chi connectivity index (χ0v) is 15.3. The maximum absolute atomic E-state index is 13.3. The third-order valence-electron chi connectivity index (χ3n) is 3.00. The molecule has 0 heterocycles. The van der Waals surface area contributed by atoms with Crippen LogP contribution in [0.15, 0.2) is 41.9 Å². The van der Waals surface area contributed by atoms with Crippen LogP contribution in [0.2, 0.25) is 0 Å². The number of guanidine groups is 1. The molecule has 1 aromatic rings. The minimum atomic E-state index is -0.224. The number of aliphatic imine (C=N–C) groups is 1.